The van der Waals surface area contributed by atoms with Crippen LogP contribution in [0.3, 0.4) is 0 Å². The first-order valence-electron chi connectivity index (χ1n) is 11.1. The second kappa shape index (κ2) is 8.94. The SMILES string of the molecule is O=C(O)CCCCCCC1C(=O)CCC1C=Cc1ccc2c3c(cccc13)CC2. The molecule has 0 saturated heterocycles. The predicted octanol–water partition coefficient (Wildman–Crippen LogP) is 5.97. The molecule has 1 saturated carbocycles. The van der Waals surface area contributed by atoms with Crippen LogP contribution in [0, 0.1) is 11.8 Å². The molecule has 0 aliphatic heterocycles. The summed E-state index contributed by atoms with van der Waals surface area (Å²) in [5, 5.41) is 11.5. The van der Waals surface area contributed by atoms with Crippen LogP contribution >= 0.6 is 0 Å². The summed E-state index contributed by atoms with van der Waals surface area (Å²) in [4.78, 5) is 23.0. The smallest absolute Gasteiger partial charge is 0.303 e. The lowest BCUT2D eigenvalue weighted by molar-refractivity contribution is -0.137. The molecule has 2 atom stereocenters. The maximum atomic E-state index is 12.4. The summed E-state index contributed by atoms with van der Waals surface area (Å²) in [5.74, 6) is 0.168. The van der Waals surface area contributed by atoms with Crippen LogP contribution in [0.25, 0.3) is 16.8 Å². The molecule has 0 amide bonds. The Hall–Kier alpha value is -2.42. The van der Waals surface area contributed by atoms with Crippen molar-refractivity contribution in [2.45, 2.75) is 64.2 Å². The number of unbranched alkanes of at least 4 members (excludes halogenated alkanes) is 3. The first kappa shape index (κ1) is 19.9. The quantitative estimate of drug-likeness (QED) is 0.537. The number of ketones is 1. The number of rotatable bonds is 9. The molecule has 152 valence electrons. The Bertz CT molecular complexity index is 930. The van der Waals surface area contributed by atoms with Crippen LogP contribution in [-0.4, -0.2) is 16.9 Å². The maximum Gasteiger partial charge on any atom is 0.303 e. The molecular formula is C26H30O3. The number of carbonyl (C=O) groups excluding carboxylic acids is 1. The second-order valence-electron chi connectivity index (χ2n) is 8.63. The third-order valence-electron chi connectivity index (χ3n) is 6.74. The highest BCUT2D eigenvalue weighted by atomic mass is 16.4. The number of carboxylic acid groups (broad SMARTS) is 1. The van der Waals surface area contributed by atoms with Crippen molar-refractivity contribution in [3.05, 3.63) is 53.1 Å². The Morgan fingerprint density at radius 2 is 1.79 bits per heavy atom. The molecule has 2 aliphatic rings. The van der Waals surface area contributed by atoms with Gasteiger partial charge in [0.05, 0.1) is 0 Å². The first-order chi connectivity index (χ1) is 14.1. The Morgan fingerprint density at radius 3 is 2.62 bits per heavy atom. The van der Waals surface area contributed by atoms with E-state index in [2.05, 4.69) is 42.5 Å². The lowest BCUT2D eigenvalue weighted by Crippen LogP contribution is -2.13. The van der Waals surface area contributed by atoms with Gasteiger partial charge in [-0.3, -0.25) is 9.59 Å². The van der Waals surface area contributed by atoms with Crippen LogP contribution in [-0.2, 0) is 22.4 Å². The van der Waals surface area contributed by atoms with E-state index in [-0.39, 0.29) is 12.3 Å². The zero-order valence-electron chi connectivity index (χ0n) is 17.0. The van der Waals surface area contributed by atoms with Crippen molar-refractivity contribution in [1.82, 2.24) is 0 Å². The van der Waals surface area contributed by atoms with Crippen molar-refractivity contribution in [3.8, 4) is 0 Å². The highest BCUT2D eigenvalue weighted by molar-refractivity contribution is 5.96. The van der Waals surface area contributed by atoms with E-state index in [9.17, 15) is 9.59 Å². The predicted molar refractivity (Wildman–Crippen MR) is 117 cm³/mol. The Balaban J connectivity index is 1.39. The van der Waals surface area contributed by atoms with Gasteiger partial charge in [0, 0.05) is 18.8 Å². The lowest BCUT2D eigenvalue weighted by Gasteiger charge is -2.15. The van der Waals surface area contributed by atoms with Gasteiger partial charge in [0.2, 0.25) is 0 Å². The molecule has 2 aliphatic carbocycles. The van der Waals surface area contributed by atoms with Gasteiger partial charge in [0.15, 0.2) is 0 Å². The van der Waals surface area contributed by atoms with Crippen molar-refractivity contribution < 1.29 is 14.7 Å². The molecule has 0 aromatic heterocycles. The number of carbonyl (C=O) groups is 2. The van der Waals surface area contributed by atoms with E-state index < -0.39 is 5.97 Å². The van der Waals surface area contributed by atoms with Crippen LogP contribution in [0.2, 0.25) is 0 Å². The van der Waals surface area contributed by atoms with E-state index in [4.69, 9.17) is 5.11 Å². The summed E-state index contributed by atoms with van der Waals surface area (Å²) >= 11 is 0. The molecule has 0 heterocycles. The number of hydrogen-bond donors (Lipinski definition) is 1. The molecule has 29 heavy (non-hydrogen) atoms. The van der Waals surface area contributed by atoms with Gasteiger partial charge >= 0.3 is 5.97 Å². The topological polar surface area (TPSA) is 54.4 Å². The van der Waals surface area contributed by atoms with Gasteiger partial charge in [-0.15, -0.1) is 0 Å². The molecular weight excluding hydrogens is 360 g/mol. The summed E-state index contributed by atoms with van der Waals surface area (Å²) in [5.41, 5.74) is 4.19. The number of aliphatic carboxylic acids is 1. The largest absolute Gasteiger partial charge is 0.481 e. The molecule has 3 nitrogen and oxygen atoms in total. The summed E-state index contributed by atoms with van der Waals surface area (Å²) in [6.45, 7) is 0. The van der Waals surface area contributed by atoms with Crippen molar-refractivity contribution in [2.24, 2.45) is 11.8 Å². The van der Waals surface area contributed by atoms with Crippen LogP contribution in [0.15, 0.2) is 36.4 Å². The Labute approximate surface area is 172 Å². The second-order valence-corrected chi connectivity index (χ2v) is 8.63. The van der Waals surface area contributed by atoms with Gasteiger partial charge in [-0.1, -0.05) is 61.7 Å². The third kappa shape index (κ3) is 4.44. The number of carboxylic acids is 1. The summed E-state index contributed by atoms with van der Waals surface area (Å²) in [6.07, 6.45) is 13.4. The van der Waals surface area contributed by atoms with Crippen LogP contribution in [0.1, 0.15) is 68.1 Å². The molecule has 1 fully saturated rings. The minimum Gasteiger partial charge on any atom is -0.481 e. The monoisotopic (exact) mass is 390 g/mol. The van der Waals surface area contributed by atoms with E-state index in [1.54, 1.807) is 0 Å². The standard InChI is InChI=1S/C26H30O3/c27-24-17-16-18(22(24)7-3-1-2-4-9-25(28)29)10-11-19-12-13-21-15-14-20-6-5-8-23(19)26(20)21/h5-6,8,10-13,18,22H,1-4,7,9,14-17H2,(H,28,29). The molecule has 1 N–H and O–H groups in total. The van der Waals surface area contributed by atoms with Gasteiger partial charge in [0.25, 0.3) is 0 Å². The van der Waals surface area contributed by atoms with Gasteiger partial charge in [-0.2, -0.15) is 0 Å². The zero-order chi connectivity index (χ0) is 20.2. The van der Waals surface area contributed by atoms with E-state index in [0.717, 1.165) is 51.4 Å². The van der Waals surface area contributed by atoms with Crippen molar-refractivity contribution in [2.75, 3.05) is 0 Å². The number of allylic oxidation sites excluding steroid dienone is 1. The average molecular weight is 391 g/mol. The Morgan fingerprint density at radius 1 is 1.00 bits per heavy atom. The normalized spacial score (nSPS) is 20.9. The number of benzene rings is 2. The van der Waals surface area contributed by atoms with E-state index >= 15 is 0 Å². The summed E-state index contributed by atoms with van der Waals surface area (Å²) in [7, 11) is 0. The fourth-order valence-corrected chi connectivity index (χ4v) is 5.18. The van der Waals surface area contributed by atoms with Crippen LogP contribution < -0.4 is 0 Å². The van der Waals surface area contributed by atoms with Crippen molar-refractivity contribution >= 4 is 28.6 Å². The molecule has 0 bridgehead atoms. The number of hydrogen-bond acceptors (Lipinski definition) is 2. The molecule has 2 unspecified atom stereocenters. The summed E-state index contributed by atoms with van der Waals surface area (Å²) < 4.78 is 0. The molecule has 3 heteroatoms. The van der Waals surface area contributed by atoms with Crippen LogP contribution in [0.4, 0.5) is 0 Å². The Kier molecular flexibility index (Phi) is 6.13. The first-order valence-corrected chi connectivity index (χ1v) is 11.1. The zero-order valence-corrected chi connectivity index (χ0v) is 17.0. The van der Waals surface area contributed by atoms with Crippen molar-refractivity contribution in [1.29, 1.82) is 0 Å². The minimum absolute atomic E-state index is 0.141. The van der Waals surface area contributed by atoms with E-state index in [1.165, 1.54) is 27.5 Å². The molecule has 0 radical (unpaired) electrons. The van der Waals surface area contributed by atoms with E-state index in [1.807, 2.05) is 0 Å². The lowest BCUT2D eigenvalue weighted by atomic mass is 9.89. The molecule has 2 aromatic rings. The third-order valence-corrected chi connectivity index (χ3v) is 6.74. The van der Waals surface area contributed by atoms with Gasteiger partial charge in [0.1, 0.15) is 5.78 Å². The minimum atomic E-state index is -0.718. The van der Waals surface area contributed by atoms with Crippen molar-refractivity contribution in [3.63, 3.8) is 0 Å². The summed E-state index contributed by atoms with van der Waals surface area (Å²) in [6, 6.07) is 11.1. The maximum absolute atomic E-state index is 12.4. The fraction of sp³-hybridized carbons (Fsp3) is 0.462. The highest BCUT2D eigenvalue weighted by Gasteiger charge is 2.32. The molecule has 4 rings (SSSR count). The average Bonchev–Trinajstić information content (AvgIpc) is 3.29. The van der Waals surface area contributed by atoms with Crippen LogP contribution in [0.5, 0.6) is 0 Å². The van der Waals surface area contributed by atoms with Gasteiger partial charge < -0.3 is 5.11 Å². The fourth-order valence-electron chi connectivity index (χ4n) is 5.18. The highest BCUT2D eigenvalue weighted by Crippen LogP contribution is 2.36. The molecule has 0 spiro atoms. The number of aryl methyl sites for hydroxylation is 2. The number of Topliss-reactive ketones (excluding diaryl/α,β-unsaturated/α-hetero) is 1. The van der Waals surface area contributed by atoms with E-state index in [0.29, 0.717) is 18.1 Å². The van der Waals surface area contributed by atoms with Gasteiger partial charge in [-0.05, 0) is 65.5 Å². The van der Waals surface area contributed by atoms with Gasteiger partial charge in [-0.25, -0.2) is 0 Å². The molecule has 2 aromatic carbocycles.